The van der Waals surface area contributed by atoms with Crippen LogP contribution in [-0.4, -0.2) is 66.6 Å². The van der Waals surface area contributed by atoms with E-state index in [0.717, 1.165) is 43.0 Å². The normalized spacial score (nSPS) is 14.2. The lowest BCUT2D eigenvalue weighted by Crippen LogP contribution is -2.59. The second-order valence-electron chi connectivity index (χ2n) is 13.1. The van der Waals surface area contributed by atoms with Gasteiger partial charge in [0.15, 0.2) is 5.79 Å². The van der Waals surface area contributed by atoms with Gasteiger partial charge in [-0.1, -0.05) is 66.7 Å². The SMILES string of the molecule is CCOC(Cc1csc2ccccc12)(OCC)[C@H](C)NC(=O)[C@H](CC(=O)OC(C)(C)C)N(C=O)OCC1c2ccccc2-c2ccccc21. The van der Waals surface area contributed by atoms with E-state index in [0.29, 0.717) is 26.0 Å². The van der Waals surface area contributed by atoms with E-state index >= 15 is 0 Å². The molecule has 0 bridgehead atoms. The standard InChI is InChI=1S/C39H46N2O7S/c1-7-45-39(46-8-2,22-27-24-49-35-20-14-13-15-28(27)35)26(3)40-37(44)34(21-36(43)48-38(4,5)6)41(25-42)47-23-33-31-18-11-9-16-29(31)30-17-10-12-19-32(30)33/h9-20,24-26,33-34H,7-8,21-23H2,1-6H3,(H,40,44)/t26-,34-/m0/s1. The van der Waals surface area contributed by atoms with Gasteiger partial charge in [0, 0.05) is 30.3 Å². The van der Waals surface area contributed by atoms with Crippen LogP contribution in [0.3, 0.4) is 0 Å². The number of hydroxylamine groups is 2. The van der Waals surface area contributed by atoms with Crippen molar-refractivity contribution in [2.75, 3.05) is 19.8 Å². The van der Waals surface area contributed by atoms with Crippen molar-refractivity contribution in [3.8, 4) is 11.1 Å². The Labute approximate surface area is 292 Å². The molecule has 0 unspecified atom stereocenters. The fraction of sp³-hybridized carbons (Fsp3) is 0.410. The molecule has 0 spiro atoms. The average molecular weight is 687 g/mol. The van der Waals surface area contributed by atoms with E-state index in [9.17, 15) is 14.4 Å². The van der Waals surface area contributed by atoms with Gasteiger partial charge >= 0.3 is 5.97 Å². The average Bonchev–Trinajstić information content (AvgIpc) is 3.62. The van der Waals surface area contributed by atoms with Crippen molar-refractivity contribution in [3.05, 3.63) is 94.9 Å². The van der Waals surface area contributed by atoms with Gasteiger partial charge in [0.2, 0.25) is 12.3 Å². The van der Waals surface area contributed by atoms with Crippen LogP contribution in [0.4, 0.5) is 0 Å². The maximum Gasteiger partial charge on any atom is 0.309 e. The Hall–Kier alpha value is -4.09. The maximum atomic E-state index is 14.2. The van der Waals surface area contributed by atoms with Gasteiger partial charge in [0.25, 0.3) is 0 Å². The molecule has 0 aliphatic heterocycles. The third-order valence-corrected chi connectivity index (χ3v) is 9.65. The fourth-order valence-electron chi connectivity index (χ4n) is 6.52. The smallest absolute Gasteiger partial charge is 0.309 e. The van der Waals surface area contributed by atoms with E-state index in [4.69, 9.17) is 19.0 Å². The molecule has 0 radical (unpaired) electrons. The number of carbonyl (C=O) groups excluding carboxylic acids is 3. The summed E-state index contributed by atoms with van der Waals surface area (Å²) in [6.07, 6.45) is 0.394. The zero-order chi connectivity index (χ0) is 35.2. The molecule has 49 heavy (non-hydrogen) atoms. The predicted octanol–water partition coefficient (Wildman–Crippen LogP) is 7.02. The van der Waals surface area contributed by atoms with E-state index in [1.807, 2.05) is 62.4 Å². The van der Waals surface area contributed by atoms with Gasteiger partial charge in [-0.25, -0.2) is 5.06 Å². The lowest BCUT2D eigenvalue weighted by molar-refractivity contribution is -0.247. The van der Waals surface area contributed by atoms with Crippen LogP contribution >= 0.6 is 11.3 Å². The minimum Gasteiger partial charge on any atom is -0.460 e. The number of rotatable bonds is 16. The Balaban J connectivity index is 1.41. The van der Waals surface area contributed by atoms with Crippen LogP contribution in [0.1, 0.15) is 70.6 Å². The molecule has 1 aromatic heterocycles. The summed E-state index contributed by atoms with van der Waals surface area (Å²) in [5.41, 5.74) is 4.57. The van der Waals surface area contributed by atoms with Crippen LogP contribution in [0.15, 0.2) is 78.2 Å². The molecule has 1 aliphatic rings. The van der Waals surface area contributed by atoms with Crippen LogP contribution < -0.4 is 5.32 Å². The van der Waals surface area contributed by atoms with Gasteiger partial charge in [-0.05, 0) is 86.2 Å². The number of nitrogens with zero attached hydrogens (tertiary/aromatic N) is 1. The first kappa shape index (κ1) is 36.2. The fourth-order valence-corrected chi connectivity index (χ4v) is 7.49. The molecule has 10 heteroatoms. The molecule has 1 aliphatic carbocycles. The molecule has 0 fully saturated rings. The number of ether oxygens (including phenoxy) is 3. The van der Waals surface area contributed by atoms with Crippen LogP contribution in [0.25, 0.3) is 21.2 Å². The first-order valence-corrected chi connectivity index (χ1v) is 17.7. The minimum atomic E-state index is -1.33. The molecule has 2 amide bonds. The number of benzene rings is 3. The van der Waals surface area contributed by atoms with Crippen molar-refractivity contribution in [1.29, 1.82) is 0 Å². The molecule has 3 aromatic carbocycles. The molecule has 2 atom stereocenters. The van der Waals surface area contributed by atoms with Crippen molar-refractivity contribution in [2.45, 2.75) is 83.8 Å². The molecule has 5 rings (SSSR count). The topological polar surface area (TPSA) is 103 Å². The van der Waals surface area contributed by atoms with E-state index in [1.165, 1.54) is 0 Å². The molecule has 0 saturated carbocycles. The zero-order valence-corrected chi connectivity index (χ0v) is 29.9. The van der Waals surface area contributed by atoms with Gasteiger partial charge in [-0.3, -0.25) is 19.2 Å². The number of hydrogen-bond acceptors (Lipinski definition) is 8. The van der Waals surface area contributed by atoms with Crippen molar-refractivity contribution >= 4 is 39.7 Å². The molecule has 9 nitrogen and oxygen atoms in total. The molecular weight excluding hydrogens is 641 g/mol. The van der Waals surface area contributed by atoms with Gasteiger partial charge in [0.05, 0.1) is 19.1 Å². The highest BCUT2D eigenvalue weighted by Crippen LogP contribution is 2.44. The summed E-state index contributed by atoms with van der Waals surface area (Å²) < 4.78 is 19.3. The molecule has 260 valence electrons. The molecule has 0 saturated heterocycles. The largest absolute Gasteiger partial charge is 0.460 e. The van der Waals surface area contributed by atoms with Crippen molar-refractivity contribution in [3.63, 3.8) is 0 Å². The highest BCUT2D eigenvalue weighted by atomic mass is 32.1. The summed E-state index contributed by atoms with van der Waals surface area (Å²) in [6, 6.07) is 22.2. The zero-order valence-electron chi connectivity index (χ0n) is 29.1. The number of nitrogens with one attached hydrogen (secondary N) is 1. The Bertz CT molecular complexity index is 1710. The van der Waals surface area contributed by atoms with Crippen LogP contribution in [0.2, 0.25) is 0 Å². The predicted molar refractivity (Wildman–Crippen MR) is 191 cm³/mol. The molecular formula is C39H46N2O7S. The van der Waals surface area contributed by atoms with E-state index < -0.39 is 41.8 Å². The monoisotopic (exact) mass is 686 g/mol. The van der Waals surface area contributed by atoms with Gasteiger partial charge in [0.1, 0.15) is 11.6 Å². The van der Waals surface area contributed by atoms with E-state index in [1.54, 1.807) is 39.0 Å². The van der Waals surface area contributed by atoms with Crippen molar-refractivity contribution in [2.24, 2.45) is 0 Å². The summed E-state index contributed by atoms with van der Waals surface area (Å²) in [5, 5.41) is 7.13. The first-order chi connectivity index (χ1) is 23.5. The quantitative estimate of drug-likeness (QED) is 0.0585. The number of amides is 2. The van der Waals surface area contributed by atoms with Crippen LogP contribution in [0, 0.1) is 0 Å². The summed E-state index contributed by atoms with van der Waals surface area (Å²) >= 11 is 1.63. The van der Waals surface area contributed by atoms with Gasteiger partial charge < -0.3 is 19.5 Å². The highest BCUT2D eigenvalue weighted by molar-refractivity contribution is 7.17. The van der Waals surface area contributed by atoms with Crippen molar-refractivity contribution < 1.29 is 33.4 Å². The third-order valence-electron chi connectivity index (χ3n) is 8.64. The maximum absolute atomic E-state index is 14.2. The Morgan fingerprint density at radius 2 is 1.51 bits per heavy atom. The molecule has 4 aromatic rings. The number of carbonyl (C=O) groups is 3. The lowest BCUT2D eigenvalue weighted by Gasteiger charge is -2.39. The summed E-state index contributed by atoms with van der Waals surface area (Å²) in [6.45, 7) is 11.5. The molecule has 1 N–H and O–H groups in total. The number of hydrogen-bond donors (Lipinski definition) is 1. The van der Waals surface area contributed by atoms with Crippen LogP contribution in [0.5, 0.6) is 0 Å². The van der Waals surface area contributed by atoms with Crippen LogP contribution in [-0.2, 0) is 39.9 Å². The van der Waals surface area contributed by atoms with E-state index in [-0.39, 0.29) is 12.5 Å². The number of esters is 1. The first-order valence-electron chi connectivity index (χ1n) is 16.8. The summed E-state index contributed by atoms with van der Waals surface area (Å²) in [5.74, 6) is -2.65. The van der Waals surface area contributed by atoms with E-state index in [2.05, 4.69) is 35.0 Å². The third kappa shape index (κ3) is 8.21. The Morgan fingerprint density at radius 1 is 0.918 bits per heavy atom. The lowest BCUT2D eigenvalue weighted by atomic mass is 9.97. The van der Waals surface area contributed by atoms with Crippen molar-refractivity contribution in [1.82, 2.24) is 10.4 Å². The summed E-state index contributed by atoms with van der Waals surface area (Å²) in [4.78, 5) is 46.2. The Morgan fingerprint density at radius 3 is 2.10 bits per heavy atom. The second kappa shape index (κ2) is 15.6. The highest BCUT2D eigenvalue weighted by Gasteiger charge is 2.42. The minimum absolute atomic E-state index is 0.0769. The van der Waals surface area contributed by atoms with Gasteiger partial charge in [-0.2, -0.15) is 0 Å². The Kier molecular flexibility index (Phi) is 11.5. The second-order valence-corrected chi connectivity index (χ2v) is 14.0. The number of fused-ring (bicyclic) bond motifs is 4. The summed E-state index contributed by atoms with van der Waals surface area (Å²) in [7, 11) is 0. The molecule has 1 heterocycles. The van der Waals surface area contributed by atoms with Gasteiger partial charge in [-0.15, -0.1) is 11.3 Å². The number of thiophene rings is 1.